The van der Waals surface area contributed by atoms with Gasteiger partial charge in [0.25, 0.3) is 0 Å². The smallest absolute Gasteiger partial charge is 0.353 e. The Labute approximate surface area is 80.9 Å². The third-order valence-corrected chi connectivity index (χ3v) is 1.21. The Morgan fingerprint density at radius 2 is 2.14 bits per heavy atom. The number of aliphatic carboxylic acids is 1. The number of ether oxygens (including phenoxy) is 1. The van der Waals surface area contributed by atoms with Crippen molar-refractivity contribution in [3.63, 3.8) is 0 Å². The molecular weight excluding hydrogens is 188 g/mol. The molecule has 0 radical (unpaired) electrons. The first-order chi connectivity index (χ1) is 6.47. The van der Waals surface area contributed by atoms with E-state index in [2.05, 4.69) is 4.74 Å². The van der Waals surface area contributed by atoms with Crippen LogP contribution in [0.25, 0.3) is 0 Å². The van der Waals surface area contributed by atoms with Crippen molar-refractivity contribution in [2.75, 3.05) is 6.61 Å². The van der Waals surface area contributed by atoms with Gasteiger partial charge in [-0.1, -0.05) is 0 Å². The fourth-order valence-corrected chi connectivity index (χ4v) is 0.677. The zero-order valence-electron chi connectivity index (χ0n) is 7.74. The van der Waals surface area contributed by atoms with Gasteiger partial charge in [0.15, 0.2) is 0 Å². The summed E-state index contributed by atoms with van der Waals surface area (Å²) in [6.07, 6.45) is 0.711. The number of carboxylic acid groups (broad SMARTS) is 1. The van der Waals surface area contributed by atoms with Crippen molar-refractivity contribution in [2.24, 2.45) is 5.73 Å². The Kier molecular flexibility index (Phi) is 4.98. The molecule has 0 aromatic carbocycles. The van der Waals surface area contributed by atoms with E-state index in [4.69, 9.17) is 16.2 Å². The number of nitrogens with one attached hydrogen (secondary N) is 1. The van der Waals surface area contributed by atoms with Gasteiger partial charge in [-0.2, -0.15) is 0 Å². The van der Waals surface area contributed by atoms with Crippen molar-refractivity contribution >= 4 is 17.7 Å². The van der Waals surface area contributed by atoms with Gasteiger partial charge in [0.1, 0.15) is 5.71 Å². The molecule has 0 unspecified atom stereocenters. The molecule has 4 N–H and O–H groups in total. The molecule has 0 atom stereocenters. The highest BCUT2D eigenvalue weighted by molar-refractivity contribution is 6.39. The van der Waals surface area contributed by atoms with E-state index in [1.807, 2.05) is 0 Å². The third kappa shape index (κ3) is 4.91. The summed E-state index contributed by atoms with van der Waals surface area (Å²) in [6.45, 7) is 1.89. The van der Waals surface area contributed by atoms with Gasteiger partial charge < -0.3 is 15.6 Å². The van der Waals surface area contributed by atoms with E-state index in [1.165, 1.54) is 0 Å². The summed E-state index contributed by atoms with van der Waals surface area (Å²) in [5.74, 6) is -1.93. The average Bonchev–Trinajstić information content (AvgIpc) is 2.03. The zero-order chi connectivity index (χ0) is 11.1. The van der Waals surface area contributed by atoms with Gasteiger partial charge in [-0.3, -0.25) is 10.2 Å². The van der Waals surface area contributed by atoms with E-state index in [0.717, 1.165) is 6.08 Å². The summed E-state index contributed by atoms with van der Waals surface area (Å²) < 4.78 is 4.58. The van der Waals surface area contributed by atoms with Gasteiger partial charge in [-0.15, -0.1) is 0 Å². The Morgan fingerprint density at radius 1 is 1.57 bits per heavy atom. The normalized spacial score (nSPS) is 10.8. The van der Waals surface area contributed by atoms with Crippen molar-refractivity contribution in [3.05, 3.63) is 11.8 Å². The van der Waals surface area contributed by atoms with Crippen molar-refractivity contribution < 1.29 is 19.4 Å². The lowest BCUT2D eigenvalue weighted by Gasteiger charge is -2.01. The van der Waals surface area contributed by atoms with Crippen molar-refractivity contribution in [1.82, 2.24) is 0 Å². The van der Waals surface area contributed by atoms with E-state index >= 15 is 0 Å². The molecule has 0 aliphatic heterocycles. The van der Waals surface area contributed by atoms with Crippen LogP contribution in [0.15, 0.2) is 11.8 Å². The van der Waals surface area contributed by atoms with Crippen LogP contribution in [-0.4, -0.2) is 29.4 Å². The number of esters is 1. The first-order valence-corrected chi connectivity index (χ1v) is 3.90. The molecule has 6 nitrogen and oxygen atoms in total. The fourth-order valence-electron chi connectivity index (χ4n) is 0.677. The molecule has 0 heterocycles. The number of nitrogens with two attached hydrogens (primary N) is 1. The lowest BCUT2D eigenvalue weighted by molar-refractivity contribution is -0.142. The third-order valence-electron chi connectivity index (χ3n) is 1.21. The van der Waals surface area contributed by atoms with Gasteiger partial charge in [0.2, 0.25) is 0 Å². The van der Waals surface area contributed by atoms with Crippen LogP contribution in [0.4, 0.5) is 0 Å². The summed E-state index contributed by atoms with van der Waals surface area (Å²) in [6, 6.07) is 0. The van der Waals surface area contributed by atoms with Crippen molar-refractivity contribution in [1.29, 1.82) is 5.41 Å². The molecule has 14 heavy (non-hydrogen) atoms. The van der Waals surface area contributed by atoms with Crippen LogP contribution in [0.1, 0.15) is 13.3 Å². The maximum absolute atomic E-state index is 10.8. The second-order valence-electron chi connectivity index (χ2n) is 2.42. The lowest BCUT2D eigenvalue weighted by atomic mass is 10.2. The van der Waals surface area contributed by atoms with Crippen molar-refractivity contribution in [3.8, 4) is 0 Å². The molecule has 0 bridgehead atoms. The highest BCUT2D eigenvalue weighted by atomic mass is 16.5. The maximum atomic E-state index is 10.8. The maximum Gasteiger partial charge on any atom is 0.353 e. The summed E-state index contributed by atoms with van der Waals surface area (Å²) >= 11 is 0. The van der Waals surface area contributed by atoms with E-state index < -0.39 is 17.7 Å². The average molecular weight is 200 g/mol. The van der Waals surface area contributed by atoms with Crippen LogP contribution >= 0.6 is 0 Å². The van der Waals surface area contributed by atoms with Gasteiger partial charge >= 0.3 is 11.9 Å². The largest absolute Gasteiger partial charge is 0.477 e. The molecule has 0 aromatic rings. The second kappa shape index (κ2) is 5.74. The first-order valence-electron chi connectivity index (χ1n) is 3.90. The Hall–Kier alpha value is -1.85. The van der Waals surface area contributed by atoms with E-state index in [0.29, 0.717) is 0 Å². The molecule has 0 amide bonds. The van der Waals surface area contributed by atoms with E-state index in [-0.39, 0.29) is 18.7 Å². The lowest BCUT2D eigenvalue weighted by Crippen LogP contribution is -2.14. The van der Waals surface area contributed by atoms with Gasteiger partial charge in [-0.05, 0) is 13.0 Å². The first kappa shape index (κ1) is 12.2. The summed E-state index contributed by atoms with van der Waals surface area (Å²) in [7, 11) is 0. The highest BCUT2D eigenvalue weighted by Crippen LogP contribution is 1.96. The van der Waals surface area contributed by atoms with E-state index in [9.17, 15) is 9.59 Å². The van der Waals surface area contributed by atoms with Crippen LogP contribution in [-0.2, 0) is 14.3 Å². The molecule has 0 aliphatic carbocycles. The molecule has 0 aromatic heterocycles. The van der Waals surface area contributed by atoms with Crippen LogP contribution in [0.2, 0.25) is 0 Å². The molecule has 0 saturated carbocycles. The molecule has 0 fully saturated rings. The monoisotopic (exact) mass is 200 g/mol. The summed E-state index contributed by atoms with van der Waals surface area (Å²) in [4.78, 5) is 21.0. The Morgan fingerprint density at radius 3 is 2.57 bits per heavy atom. The zero-order valence-corrected chi connectivity index (χ0v) is 7.74. The van der Waals surface area contributed by atoms with Crippen molar-refractivity contribution in [2.45, 2.75) is 13.3 Å². The highest BCUT2D eigenvalue weighted by Gasteiger charge is 2.07. The Bertz CT molecular complexity index is 283. The van der Waals surface area contributed by atoms with E-state index in [1.54, 1.807) is 6.92 Å². The minimum atomic E-state index is -1.39. The molecule has 6 heteroatoms. The topological polar surface area (TPSA) is 113 Å². The summed E-state index contributed by atoms with van der Waals surface area (Å²) in [5.41, 5.74) is 4.64. The molecular formula is C8H12N2O4. The minimum absolute atomic E-state index is 0.00384. The van der Waals surface area contributed by atoms with Crippen LogP contribution in [0, 0.1) is 5.41 Å². The number of hydrogen-bond acceptors (Lipinski definition) is 5. The predicted octanol–water partition coefficient (Wildman–Crippen LogP) is -0.113. The minimum Gasteiger partial charge on any atom is -0.477 e. The quantitative estimate of drug-likeness (QED) is 0.423. The molecule has 78 valence electrons. The molecule has 0 saturated heterocycles. The van der Waals surface area contributed by atoms with Gasteiger partial charge in [0.05, 0.1) is 13.0 Å². The molecule has 0 aliphatic rings. The van der Waals surface area contributed by atoms with Crippen LogP contribution in [0.3, 0.4) is 0 Å². The van der Waals surface area contributed by atoms with Gasteiger partial charge in [0, 0.05) is 5.70 Å². The Balaban J connectivity index is 4.20. The number of rotatable bonds is 5. The number of carbonyl (C=O) groups excluding carboxylic acids is 1. The number of carboxylic acids is 1. The summed E-state index contributed by atoms with van der Waals surface area (Å²) in [5, 5.41) is 15.2. The van der Waals surface area contributed by atoms with Crippen LogP contribution < -0.4 is 5.73 Å². The SMILES string of the molecule is CCOC(=O)C/C(N)=C/C(=N)C(=O)O. The van der Waals surface area contributed by atoms with Gasteiger partial charge in [-0.25, -0.2) is 4.79 Å². The van der Waals surface area contributed by atoms with Crippen LogP contribution in [0.5, 0.6) is 0 Å². The fraction of sp³-hybridized carbons (Fsp3) is 0.375. The number of hydrogen-bond donors (Lipinski definition) is 3. The molecule has 0 spiro atoms. The molecule has 0 rings (SSSR count). The predicted molar refractivity (Wildman–Crippen MR) is 48.9 cm³/mol. The standard InChI is InChI=1S/C8H12N2O4/c1-2-14-7(11)4-5(9)3-6(10)8(12)13/h3,10H,2,4,9H2,1H3,(H,12,13)/b5-3-,10-6?. The second-order valence-corrected chi connectivity index (χ2v) is 2.42. The number of carbonyl (C=O) groups is 2.